The number of carbonyl (C=O) groups excluding carboxylic acids is 1. The van der Waals surface area contributed by atoms with Gasteiger partial charge in [-0.15, -0.1) is 0 Å². The number of carboxylic acid groups (broad SMARTS) is 1. The Morgan fingerprint density at radius 1 is 1.24 bits per heavy atom. The molecule has 1 atom stereocenters. The van der Waals surface area contributed by atoms with Crippen LogP contribution in [-0.4, -0.2) is 45.4 Å². The second kappa shape index (κ2) is 7.08. The zero-order chi connectivity index (χ0) is 16.0. The zero-order valence-electron chi connectivity index (χ0n) is 12.4. The monoisotopic (exact) mass is 295 g/mol. The number of hydrogen-bond acceptors (Lipinski definition) is 4. The van der Waals surface area contributed by atoms with Crippen molar-refractivity contribution < 1.29 is 24.5 Å². The number of nitrogens with zero attached hydrogens (tertiary/aromatic N) is 1. The first-order chi connectivity index (χ1) is 9.74. The predicted molar refractivity (Wildman–Crippen MR) is 76.7 cm³/mol. The first-order valence-corrected chi connectivity index (χ1v) is 6.62. The van der Waals surface area contributed by atoms with E-state index in [0.717, 1.165) is 10.5 Å². The lowest BCUT2D eigenvalue weighted by Crippen LogP contribution is -2.48. The van der Waals surface area contributed by atoms with Crippen LogP contribution in [0.15, 0.2) is 30.3 Å². The third-order valence-electron chi connectivity index (χ3n) is 2.66. The molecule has 1 rings (SSSR count). The Morgan fingerprint density at radius 2 is 1.81 bits per heavy atom. The number of rotatable bonds is 5. The first kappa shape index (κ1) is 17.0. The van der Waals surface area contributed by atoms with Gasteiger partial charge in [0.2, 0.25) is 0 Å². The Balaban J connectivity index is 2.99. The number of amides is 1. The molecule has 0 spiro atoms. The lowest BCUT2D eigenvalue weighted by Gasteiger charge is -2.30. The number of benzene rings is 1. The van der Waals surface area contributed by atoms with Crippen LogP contribution in [0.5, 0.6) is 0 Å². The molecule has 0 bridgehead atoms. The van der Waals surface area contributed by atoms with Gasteiger partial charge in [-0.1, -0.05) is 30.3 Å². The average Bonchev–Trinajstić information content (AvgIpc) is 2.37. The van der Waals surface area contributed by atoms with E-state index in [4.69, 9.17) is 9.84 Å². The van der Waals surface area contributed by atoms with Gasteiger partial charge in [0, 0.05) is 0 Å². The third kappa shape index (κ3) is 5.43. The summed E-state index contributed by atoms with van der Waals surface area (Å²) in [6.45, 7) is 4.45. The van der Waals surface area contributed by atoms with Gasteiger partial charge >= 0.3 is 12.1 Å². The maximum absolute atomic E-state index is 12.2. The minimum Gasteiger partial charge on any atom is -0.480 e. The van der Waals surface area contributed by atoms with E-state index >= 15 is 0 Å². The largest absolute Gasteiger partial charge is 0.480 e. The molecule has 0 unspecified atom stereocenters. The van der Waals surface area contributed by atoms with Crippen molar-refractivity contribution in [2.24, 2.45) is 0 Å². The molecule has 21 heavy (non-hydrogen) atoms. The summed E-state index contributed by atoms with van der Waals surface area (Å²) in [5.74, 6) is -1.28. The van der Waals surface area contributed by atoms with Crippen LogP contribution in [0.2, 0.25) is 0 Å². The molecule has 0 aliphatic heterocycles. The van der Waals surface area contributed by atoms with Crippen molar-refractivity contribution in [3.8, 4) is 0 Å². The van der Waals surface area contributed by atoms with Crippen molar-refractivity contribution in [2.45, 2.75) is 39.0 Å². The Morgan fingerprint density at radius 3 is 2.24 bits per heavy atom. The van der Waals surface area contributed by atoms with Gasteiger partial charge in [-0.05, 0) is 26.3 Å². The molecule has 0 fully saturated rings. The molecular weight excluding hydrogens is 274 g/mol. The van der Waals surface area contributed by atoms with E-state index in [1.54, 1.807) is 45.0 Å². The Kier molecular flexibility index (Phi) is 5.72. The number of aliphatic hydroxyl groups excluding tert-OH is 1. The van der Waals surface area contributed by atoms with Crippen LogP contribution in [0.1, 0.15) is 26.3 Å². The number of ether oxygens (including phenoxy) is 1. The van der Waals surface area contributed by atoms with Gasteiger partial charge in [0.25, 0.3) is 0 Å². The highest BCUT2D eigenvalue weighted by Crippen LogP contribution is 2.15. The molecule has 0 aromatic heterocycles. The van der Waals surface area contributed by atoms with Gasteiger partial charge in [0.1, 0.15) is 5.60 Å². The number of carboxylic acids is 1. The zero-order valence-corrected chi connectivity index (χ0v) is 12.4. The van der Waals surface area contributed by atoms with Gasteiger partial charge in [-0.2, -0.15) is 0 Å². The van der Waals surface area contributed by atoms with Crippen LogP contribution in [0.3, 0.4) is 0 Å². The first-order valence-electron chi connectivity index (χ1n) is 6.62. The Hall–Kier alpha value is -2.08. The molecule has 0 saturated heterocycles. The summed E-state index contributed by atoms with van der Waals surface area (Å²) >= 11 is 0. The van der Waals surface area contributed by atoms with Crippen molar-refractivity contribution >= 4 is 12.1 Å². The van der Waals surface area contributed by atoms with Crippen LogP contribution in [-0.2, 0) is 16.1 Å². The highest BCUT2D eigenvalue weighted by molar-refractivity contribution is 5.80. The molecular formula is C15H21NO5. The maximum Gasteiger partial charge on any atom is 0.411 e. The fraction of sp³-hybridized carbons (Fsp3) is 0.467. The normalized spacial score (nSPS) is 12.6. The third-order valence-corrected chi connectivity index (χ3v) is 2.66. The average molecular weight is 295 g/mol. The molecule has 0 radical (unpaired) electrons. The highest BCUT2D eigenvalue weighted by Gasteiger charge is 2.32. The van der Waals surface area contributed by atoms with E-state index in [0.29, 0.717) is 0 Å². The van der Waals surface area contributed by atoms with Gasteiger partial charge < -0.3 is 14.9 Å². The summed E-state index contributed by atoms with van der Waals surface area (Å²) < 4.78 is 5.22. The molecule has 6 nitrogen and oxygen atoms in total. The number of aliphatic hydroxyl groups is 1. The van der Waals surface area contributed by atoms with Crippen molar-refractivity contribution in [1.82, 2.24) is 4.90 Å². The molecule has 0 heterocycles. The topological polar surface area (TPSA) is 87.1 Å². The van der Waals surface area contributed by atoms with Crippen LogP contribution in [0.4, 0.5) is 4.79 Å². The van der Waals surface area contributed by atoms with Gasteiger partial charge in [0.05, 0.1) is 13.2 Å². The van der Waals surface area contributed by atoms with E-state index < -0.39 is 30.3 Å². The van der Waals surface area contributed by atoms with Crippen LogP contribution < -0.4 is 0 Å². The van der Waals surface area contributed by atoms with E-state index in [-0.39, 0.29) is 6.54 Å². The van der Waals surface area contributed by atoms with Gasteiger partial charge in [-0.3, -0.25) is 4.90 Å². The highest BCUT2D eigenvalue weighted by atomic mass is 16.6. The fourth-order valence-electron chi connectivity index (χ4n) is 1.71. The molecule has 6 heteroatoms. The van der Waals surface area contributed by atoms with Crippen LogP contribution in [0.25, 0.3) is 0 Å². The lowest BCUT2D eigenvalue weighted by molar-refractivity contribution is -0.144. The van der Waals surface area contributed by atoms with Crippen molar-refractivity contribution in [1.29, 1.82) is 0 Å². The SMILES string of the molecule is CC(C)(C)OC(=O)N(Cc1ccccc1)[C@@H](CO)C(=O)O. The van der Waals surface area contributed by atoms with E-state index in [2.05, 4.69) is 0 Å². The van der Waals surface area contributed by atoms with Crippen molar-refractivity contribution in [3.63, 3.8) is 0 Å². The number of carbonyl (C=O) groups is 2. The summed E-state index contributed by atoms with van der Waals surface area (Å²) in [7, 11) is 0. The quantitative estimate of drug-likeness (QED) is 0.866. The summed E-state index contributed by atoms with van der Waals surface area (Å²) in [4.78, 5) is 24.4. The van der Waals surface area contributed by atoms with Crippen molar-refractivity contribution in [2.75, 3.05) is 6.61 Å². The summed E-state index contributed by atoms with van der Waals surface area (Å²) in [5.41, 5.74) is 0.00733. The van der Waals surface area contributed by atoms with Crippen LogP contribution >= 0.6 is 0 Å². The second-order valence-electron chi connectivity index (χ2n) is 5.63. The number of hydrogen-bond donors (Lipinski definition) is 2. The smallest absolute Gasteiger partial charge is 0.411 e. The summed E-state index contributed by atoms with van der Waals surface area (Å²) in [6, 6.07) is 7.60. The molecule has 116 valence electrons. The van der Waals surface area contributed by atoms with Gasteiger partial charge in [0.15, 0.2) is 6.04 Å². The van der Waals surface area contributed by atoms with Gasteiger partial charge in [-0.25, -0.2) is 9.59 Å². The maximum atomic E-state index is 12.2. The molecule has 0 aliphatic rings. The molecule has 0 aliphatic carbocycles. The van der Waals surface area contributed by atoms with E-state index in [1.165, 1.54) is 0 Å². The van der Waals surface area contributed by atoms with Crippen molar-refractivity contribution in [3.05, 3.63) is 35.9 Å². The van der Waals surface area contributed by atoms with Crippen LogP contribution in [0, 0.1) is 0 Å². The standard InChI is InChI=1S/C15H21NO5/c1-15(2,3)21-14(20)16(12(10-17)13(18)19)9-11-7-5-4-6-8-11/h4-8,12,17H,9-10H2,1-3H3,(H,18,19)/t12-/m0/s1. The molecule has 1 aromatic rings. The minimum absolute atomic E-state index is 0.0489. The molecule has 2 N–H and O–H groups in total. The Bertz CT molecular complexity index is 481. The lowest BCUT2D eigenvalue weighted by atomic mass is 10.1. The minimum atomic E-state index is -1.35. The molecule has 1 aromatic carbocycles. The predicted octanol–water partition coefficient (Wildman–Crippen LogP) is 1.87. The Labute approximate surface area is 124 Å². The summed E-state index contributed by atoms with van der Waals surface area (Å²) in [6.07, 6.45) is -0.771. The van der Waals surface area contributed by atoms with E-state index in [1.807, 2.05) is 6.07 Å². The van der Waals surface area contributed by atoms with E-state index in [9.17, 15) is 14.7 Å². The second-order valence-corrected chi connectivity index (χ2v) is 5.63. The number of aliphatic carboxylic acids is 1. The molecule has 0 saturated carbocycles. The molecule has 1 amide bonds. The fourth-order valence-corrected chi connectivity index (χ4v) is 1.71. The summed E-state index contributed by atoms with van der Waals surface area (Å²) in [5, 5.41) is 18.4.